The zero-order valence-corrected chi connectivity index (χ0v) is 50.3. The van der Waals surface area contributed by atoms with Gasteiger partial charge in [0.25, 0.3) is 0 Å². The summed E-state index contributed by atoms with van der Waals surface area (Å²) >= 11 is 0. The summed E-state index contributed by atoms with van der Waals surface area (Å²) in [5, 5.41) is 121. The Bertz CT molecular complexity index is 2160. The van der Waals surface area contributed by atoms with Gasteiger partial charge in [0.1, 0.15) is 85.1 Å². The van der Waals surface area contributed by atoms with Crippen molar-refractivity contribution in [2.24, 2.45) is 0 Å². The van der Waals surface area contributed by atoms with Gasteiger partial charge in [-0.3, -0.25) is 38.4 Å². The highest BCUT2D eigenvalue weighted by molar-refractivity contribution is 5.90. The molecule has 506 valence electrons. The molecule has 3 fully saturated rings. The molecule has 17 atom stereocenters. The van der Waals surface area contributed by atoms with Crippen LogP contribution in [0.1, 0.15) is 130 Å². The number of carbonyl (C=O) groups excluding carboxylic acids is 8. The van der Waals surface area contributed by atoms with E-state index >= 15 is 0 Å². The van der Waals surface area contributed by atoms with Crippen LogP contribution in [0.15, 0.2) is 0 Å². The molecule has 3 heterocycles. The Hall–Kier alpha value is -5.37. The molecule has 3 aliphatic heterocycles. The number of aliphatic hydroxyl groups is 9. The van der Waals surface area contributed by atoms with Crippen molar-refractivity contribution in [3.05, 3.63) is 0 Å². The quantitative estimate of drug-likeness (QED) is 0.0253. The van der Waals surface area contributed by atoms with Crippen LogP contribution in [0.5, 0.6) is 0 Å². The third-order valence-corrected chi connectivity index (χ3v) is 14.6. The third-order valence-electron chi connectivity index (χ3n) is 14.6. The zero-order chi connectivity index (χ0) is 65.3. The van der Waals surface area contributed by atoms with E-state index in [-0.39, 0.29) is 109 Å². The Morgan fingerprint density at radius 3 is 1.03 bits per heavy atom. The molecule has 3 rings (SSSR count). The first-order valence-electron chi connectivity index (χ1n) is 30.1. The maximum absolute atomic E-state index is 13.7. The minimum Gasteiger partial charge on any atom is -0.480 e. The van der Waals surface area contributed by atoms with Crippen LogP contribution >= 0.6 is 0 Å². The molecule has 0 aromatic heterocycles. The van der Waals surface area contributed by atoms with E-state index < -0.39 is 159 Å². The minimum atomic E-state index is -1.48. The fraction of sp³-hybridized carbons (Fsp3) is 0.836. The molecule has 33 heteroatoms. The summed E-state index contributed by atoms with van der Waals surface area (Å²) in [6.45, 7) is 2.45. The molecule has 0 aromatic rings. The van der Waals surface area contributed by atoms with Crippen LogP contribution < -0.4 is 42.5 Å². The number of carbonyl (C=O) groups is 9. The van der Waals surface area contributed by atoms with Crippen LogP contribution in [0.2, 0.25) is 0 Å². The van der Waals surface area contributed by atoms with E-state index in [1.54, 1.807) is 0 Å². The standard InChI is InChI=1S/C55H96N8O25/c1-30(67)59-42-48(77)45(74)35(27-64)86-53(42)83-24-11-6-17-38(70)56-21-9-4-15-33(62-41(73)20-14-23-58-40(72)19-8-13-26-85-55-44(61-32(3)69)50(79)47(76)37(29-66)88-55)51(80)63-34(52(81)82)16-5-10-22-57-39(71)18-7-12-25-84-54-43(60-31(2)68)49(78)46(75)36(28-65)87-54/h33-37,42-50,53-55,64-66,74-79H,4-29H2,1-3H3,(H,56,70)(H,57,71)(H,58,72)(H,59,67)(H,60,68)(H,61,69)(H,62,73)(H,63,80)(H,81,82)/t33-,34-,35+,36+,37+,42+,43+,44+,45-,46-,47-,48+,49+,50+,53+,54+,55+/m0/s1. The largest absolute Gasteiger partial charge is 0.480 e. The second-order valence-electron chi connectivity index (χ2n) is 21.9. The van der Waals surface area contributed by atoms with Crippen molar-refractivity contribution in [1.82, 2.24) is 42.5 Å². The van der Waals surface area contributed by atoms with E-state index in [0.29, 0.717) is 57.8 Å². The van der Waals surface area contributed by atoms with Crippen molar-refractivity contribution < 1.29 is 123 Å². The van der Waals surface area contributed by atoms with Gasteiger partial charge in [-0.15, -0.1) is 0 Å². The van der Waals surface area contributed by atoms with Crippen molar-refractivity contribution in [2.45, 2.75) is 234 Å². The van der Waals surface area contributed by atoms with Crippen LogP contribution in [-0.4, -0.2) is 268 Å². The van der Waals surface area contributed by atoms with Crippen LogP contribution in [0.3, 0.4) is 0 Å². The van der Waals surface area contributed by atoms with E-state index in [1.165, 1.54) is 20.8 Å². The number of hydrogen-bond donors (Lipinski definition) is 18. The zero-order valence-electron chi connectivity index (χ0n) is 50.3. The molecule has 0 aromatic carbocycles. The predicted molar refractivity (Wildman–Crippen MR) is 303 cm³/mol. The van der Waals surface area contributed by atoms with Crippen LogP contribution in [0.4, 0.5) is 0 Å². The van der Waals surface area contributed by atoms with Crippen molar-refractivity contribution in [2.75, 3.05) is 59.3 Å². The second kappa shape index (κ2) is 41.8. The molecule has 0 bridgehead atoms. The van der Waals surface area contributed by atoms with Gasteiger partial charge in [-0.2, -0.15) is 0 Å². The number of aliphatic carboxylic acids is 1. The van der Waals surface area contributed by atoms with Gasteiger partial charge >= 0.3 is 5.97 Å². The van der Waals surface area contributed by atoms with Gasteiger partial charge in [-0.25, -0.2) is 4.79 Å². The van der Waals surface area contributed by atoms with E-state index in [0.717, 1.165) is 0 Å². The number of unbranched alkanes of at least 4 members (excludes halogenated alkanes) is 5. The summed E-state index contributed by atoms with van der Waals surface area (Å²) in [6, 6.07) is -5.89. The number of carboxylic acid groups (broad SMARTS) is 1. The number of ether oxygens (including phenoxy) is 6. The average Bonchev–Trinajstić information content (AvgIpc) is 2.75. The summed E-state index contributed by atoms with van der Waals surface area (Å²) in [4.78, 5) is 112. The van der Waals surface area contributed by atoms with E-state index in [1.807, 2.05) is 0 Å². The van der Waals surface area contributed by atoms with E-state index in [9.17, 15) is 94.2 Å². The van der Waals surface area contributed by atoms with Gasteiger partial charge in [0, 0.05) is 85.9 Å². The topological polar surface area (TPSA) is 508 Å². The molecule has 33 nitrogen and oxygen atoms in total. The highest BCUT2D eigenvalue weighted by atomic mass is 16.7. The van der Waals surface area contributed by atoms with Gasteiger partial charge in [-0.1, -0.05) is 0 Å². The molecule has 3 saturated heterocycles. The highest BCUT2D eigenvalue weighted by Crippen LogP contribution is 2.25. The number of amides is 8. The molecule has 3 aliphatic rings. The second-order valence-corrected chi connectivity index (χ2v) is 21.9. The maximum atomic E-state index is 13.7. The third kappa shape index (κ3) is 27.8. The lowest BCUT2D eigenvalue weighted by Crippen LogP contribution is -2.64. The molecule has 0 radical (unpaired) electrons. The fourth-order valence-corrected chi connectivity index (χ4v) is 9.81. The Labute approximate surface area is 510 Å². The fourth-order valence-electron chi connectivity index (χ4n) is 9.81. The van der Waals surface area contributed by atoms with Crippen molar-refractivity contribution in [3.63, 3.8) is 0 Å². The first-order chi connectivity index (χ1) is 41.9. The highest BCUT2D eigenvalue weighted by Gasteiger charge is 2.48. The Morgan fingerprint density at radius 1 is 0.398 bits per heavy atom. The first kappa shape index (κ1) is 76.9. The van der Waals surface area contributed by atoms with Crippen LogP contribution in [0, 0.1) is 0 Å². The molecule has 0 saturated carbocycles. The van der Waals surface area contributed by atoms with E-state index in [2.05, 4.69) is 42.5 Å². The van der Waals surface area contributed by atoms with Crippen molar-refractivity contribution in [1.29, 1.82) is 0 Å². The molecule has 88 heavy (non-hydrogen) atoms. The Balaban J connectivity index is 1.45. The first-order valence-corrected chi connectivity index (χ1v) is 30.1. The maximum Gasteiger partial charge on any atom is 0.326 e. The molecule has 0 unspecified atom stereocenters. The number of aliphatic hydroxyl groups excluding tert-OH is 9. The molecular weight excluding hydrogens is 1170 g/mol. The monoisotopic (exact) mass is 1270 g/mol. The van der Waals surface area contributed by atoms with E-state index in [4.69, 9.17) is 28.4 Å². The van der Waals surface area contributed by atoms with Gasteiger partial charge < -0.3 is 122 Å². The molecular formula is C55H96N8O25. The smallest absolute Gasteiger partial charge is 0.326 e. The number of rotatable bonds is 42. The molecule has 0 aliphatic carbocycles. The number of carboxylic acids is 1. The number of hydrogen-bond acceptors (Lipinski definition) is 24. The van der Waals surface area contributed by atoms with Crippen molar-refractivity contribution in [3.8, 4) is 0 Å². The molecule has 8 amide bonds. The molecule has 18 N–H and O–H groups in total. The lowest BCUT2D eigenvalue weighted by atomic mass is 9.97. The molecule has 0 spiro atoms. The summed E-state index contributed by atoms with van der Waals surface area (Å²) in [7, 11) is 0. The predicted octanol–water partition coefficient (Wildman–Crippen LogP) is -6.10. The average molecular weight is 1270 g/mol. The summed E-state index contributed by atoms with van der Waals surface area (Å²) in [5.41, 5.74) is 0. The van der Waals surface area contributed by atoms with Gasteiger partial charge in [0.2, 0.25) is 47.3 Å². The summed E-state index contributed by atoms with van der Waals surface area (Å²) in [5.74, 6) is -5.11. The van der Waals surface area contributed by atoms with Crippen molar-refractivity contribution >= 4 is 53.2 Å². The lowest BCUT2D eigenvalue weighted by Gasteiger charge is -2.42. The Morgan fingerprint density at radius 2 is 0.716 bits per heavy atom. The summed E-state index contributed by atoms with van der Waals surface area (Å²) < 4.78 is 33.6. The summed E-state index contributed by atoms with van der Waals surface area (Å²) in [6.07, 6.45) is -12.0. The van der Waals surface area contributed by atoms with Gasteiger partial charge in [0.05, 0.1) is 19.8 Å². The van der Waals surface area contributed by atoms with Gasteiger partial charge in [0.15, 0.2) is 18.9 Å². The van der Waals surface area contributed by atoms with Crippen LogP contribution in [-0.2, 0) is 71.6 Å². The SMILES string of the molecule is CC(=O)N[C@H]1[C@H](OCCCCC(=O)NCCCC[C@H](NC(=O)[C@H](CCCCNC(=O)CCCCO[C@@H]2O[C@H](CO)[C@H](O)[C@H](O)[C@H]2NC(C)=O)NC(=O)CCCNC(=O)CCCCO[C@@H]2O[C@H](CO)[C@H](O)[C@H](O)[C@H]2NC(C)=O)C(=O)O)O[C@H](CO)[C@H](O)[C@@H]1O. The minimum absolute atomic E-state index is 0.0248. The van der Waals surface area contributed by atoms with Crippen LogP contribution in [0.25, 0.3) is 0 Å². The lowest BCUT2D eigenvalue weighted by molar-refractivity contribution is -0.270. The number of nitrogens with one attached hydrogen (secondary N) is 8. The normalized spacial score (nSPS) is 27.6. The Kier molecular flexibility index (Phi) is 36.5. The van der Waals surface area contributed by atoms with Gasteiger partial charge in [-0.05, 0) is 83.5 Å².